The highest BCUT2D eigenvalue weighted by Crippen LogP contribution is 2.16. The molecule has 1 aromatic carbocycles. The molecular formula is C13H14N2O2. The van der Waals surface area contributed by atoms with Crippen molar-refractivity contribution in [3.8, 4) is 6.07 Å². The van der Waals surface area contributed by atoms with Gasteiger partial charge in [0.15, 0.2) is 0 Å². The van der Waals surface area contributed by atoms with Crippen molar-refractivity contribution >= 4 is 11.6 Å². The molecular weight excluding hydrogens is 216 g/mol. The quantitative estimate of drug-likeness (QED) is 0.845. The molecule has 0 aromatic heterocycles. The molecule has 1 aliphatic heterocycles. The molecule has 1 N–H and O–H groups in total. The second-order valence-corrected chi connectivity index (χ2v) is 4.04. The number of amides is 1. The molecule has 0 spiro atoms. The Morgan fingerprint density at radius 2 is 2.35 bits per heavy atom. The first kappa shape index (κ1) is 11.6. The lowest BCUT2D eigenvalue weighted by Crippen LogP contribution is -2.33. The van der Waals surface area contributed by atoms with E-state index >= 15 is 0 Å². The van der Waals surface area contributed by atoms with Crippen LogP contribution in [0.1, 0.15) is 24.8 Å². The zero-order valence-corrected chi connectivity index (χ0v) is 9.48. The van der Waals surface area contributed by atoms with E-state index in [0.29, 0.717) is 17.9 Å². The first-order valence-corrected chi connectivity index (χ1v) is 5.72. The summed E-state index contributed by atoms with van der Waals surface area (Å²) in [6.45, 7) is 0.649. The highest BCUT2D eigenvalue weighted by atomic mass is 16.5. The molecule has 2 rings (SSSR count). The van der Waals surface area contributed by atoms with Crippen molar-refractivity contribution in [3.05, 3.63) is 29.8 Å². The number of nitrogens with one attached hydrogen (secondary N) is 1. The van der Waals surface area contributed by atoms with Gasteiger partial charge < -0.3 is 10.1 Å². The van der Waals surface area contributed by atoms with Crippen LogP contribution in [0.2, 0.25) is 0 Å². The molecule has 17 heavy (non-hydrogen) atoms. The molecule has 0 saturated carbocycles. The van der Waals surface area contributed by atoms with Crippen LogP contribution >= 0.6 is 0 Å². The van der Waals surface area contributed by atoms with E-state index in [9.17, 15) is 4.79 Å². The lowest BCUT2D eigenvalue weighted by molar-refractivity contribution is -0.129. The monoisotopic (exact) mass is 230 g/mol. The molecule has 0 aliphatic carbocycles. The fraction of sp³-hybridized carbons (Fsp3) is 0.385. The van der Waals surface area contributed by atoms with Crippen LogP contribution in [-0.2, 0) is 9.53 Å². The summed E-state index contributed by atoms with van der Waals surface area (Å²) < 4.78 is 5.39. The Hall–Kier alpha value is -1.86. The number of hydrogen-bond acceptors (Lipinski definition) is 3. The number of nitriles is 1. The van der Waals surface area contributed by atoms with Crippen molar-refractivity contribution in [1.82, 2.24) is 0 Å². The Bertz CT molecular complexity index is 445. The van der Waals surface area contributed by atoms with E-state index in [1.54, 1.807) is 24.3 Å². The van der Waals surface area contributed by atoms with Gasteiger partial charge >= 0.3 is 0 Å². The van der Waals surface area contributed by atoms with Crippen LogP contribution in [0.4, 0.5) is 5.69 Å². The Morgan fingerprint density at radius 1 is 1.47 bits per heavy atom. The first-order valence-electron chi connectivity index (χ1n) is 5.72. The SMILES string of the molecule is N#Cc1cccc(NC(=O)C2CCCCO2)c1. The van der Waals surface area contributed by atoms with Gasteiger partial charge in [-0.25, -0.2) is 0 Å². The third-order valence-electron chi connectivity index (χ3n) is 2.73. The van der Waals surface area contributed by atoms with Gasteiger partial charge in [0.1, 0.15) is 6.10 Å². The summed E-state index contributed by atoms with van der Waals surface area (Å²) in [5, 5.41) is 11.5. The number of rotatable bonds is 2. The summed E-state index contributed by atoms with van der Waals surface area (Å²) >= 11 is 0. The van der Waals surface area contributed by atoms with Gasteiger partial charge in [-0.3, -0.25) is 4.79 Å². The summed E-state index contributed by atoms with van der Waals surface area (Å²) in [6, 6.07) is 8.90. The van der Waals surface area contributed by atoms with Crippen molar-refractivity contribution in [2.75, 3.05) is 11.9 Å². The van der Waals surface area contributed by atoms with Crippen LogP contribution in [0, 0.1) is 11.3 Å². The molecule has 1 aromatic rings. The van der Waals surface area contributed by atoms with Crippen LogP contribution < -0.4 is 5.32 Å². The minimum absolute atomic E-state index is 0.125. The molecule has 1 fully saturated rings. The topological polar surface area (TPSA) is 62.1 Å². The molecule has 1 unspecified atom stereocenters. The Balaban J connectivity index is 1.99. The molecule has 4 nitrogen and oxygen atoms in total. The maximum Gasteiger partial charge on any atom is 0.253 e. The van der Waals surface area contributed by atoms with Gasteiger partial charge in [0.2, 0.25) is 0 Å². The fourth-order valence-corrected chi connectivity index (χ4v) is 1.84. The maximum absolute atomic E-state index is 11.8. The lowest BCUT2D eigenvalue weighted by atomic mass is 10.1. The predicted octanol–water partition coefficient (Wildman–Crippen LogP) is 2.07. The summed E-state index contributed by atoms with van der Waals surface area (Å²) in [7, 11) is 0. The largest absolute Gasteiger partial charge is 0.368 e. The minimum atomic E-state index is -0.352. The molecule has 1 heterocycles. The van der Waals surface area contributed by atoms with Crippen molar-refractivity contribution in [3.63, 3.8) is 0 Å². The molecule has 1 saturated heterocycles. The molecule has 1 amide bonds. The second-order valence-electron chi connectivity index (χ2n) is 4.04. The standard InChI is InChI=1S/C13H14N2O2/c14-9-10-4-3-5-11(8-10)15-13(16)12-6-1-2-7-17-12/h3-5,8,12H,1-2,6-7H2,(H,15,16). The molecule has 0 bridgehead atoms. The number of anilines is 1. The van der Waals surface area contributed by atoms with E-state index < -0.39 is 0 Å². The van der Waals surface area contributed by atoms with Gasteiger partial charge in [0.25, 0.3) is 5.91 Å². The predicted molar refractivity (Wildman–Crippen MR) is 63.4 cm³/mol. The number of hydrogen-bond donors (Lipinski definition) is 1. The van der Waals surface area contributed by atoms with Gasteiger partial charge in [-0.15, -0.1) is 0 Å². The normalized spacial score (nSPS) is 19.4. The number of carbonyl (C=O) groups excluding carboxylic acids is 1. The molecule has 4 heteroatoms. The Morgan fingerprint density at radius 3 is 3.06 bits per heavy atom. The van der Waals surface area contributed by atoms with E-state index in [4.69, 9.17) is 10.00 Å². The van der Waals surface area contributed by atoms with Gasteiger partial charge in [-0.1, -0.05) is 6.07 Å². The zero-order chi connectivity index (χ0) is 12.1. The smallest absolute Gasteiger partial charge is 0.253 e. The van der Waals surface area contributed by atoms with Crippen molar-refractivity contribution in [1.29, 1.82) is 5.26 Å². The average molecular weight is 230 g/mol. The highest BCUT2D eigenvalue weighted by Gasteiger charge is 2.21. The van der Waals surface area contributed by atoms with Gasteiger partial charge in [-0.2, -0.15) is 5.26 Å². The van der Waals surface area contributed by atoms with Gasteiger partial charge in [0.05, 0.1) is 11.6 Å². The minimum Gasteiger partial charge on any atom is -0.368 e. The number of ether oxygens (including phenoxy) is 1. The summed E-state index contributed by atoms with van der Waals surface area (Å²) in [5.74, 6) is -0.125. The molecule has 1 aliphatic rings. The van der Waals surface area contributed by atoms with Crippen LogP contribution in [0.5, 0.6) is 0 Å². The number of benzene rings is 1. The van der Waals surface area contributed by atoms with Crippen molar-refractivity contribution in [2.45, 2.75) is 25.4 Å². The Kier molecular flexibility index (Phi) is 3.73. The Labute approximate surface area is 100 Å². The van der Waals surface area contributed by atoms with Gasteiger partial charge in [0, 0.05) is 12.3 Å². The fourth-order valence-electron chi connectivity index (χ4n) is 1.84. The van der Waals surface area contributed by atoms with Crippen LogP contribution in [0.25, 0.3) is 0 Å². The first-order chi connectivity index (χ1) is 8.29. The van der Waals surface area contributed by atoms with E-state index in [0.717, 1.165) is 19.3 Å². The lowest BCUT2D eigenvalue weighted by Gasteiger charge is -2.21. The number of carbonyl (C=O) groups is 1. The maximum atomic E-state index is 11.8. The van der Waals surface area contributed by atoms with Gasteiger partial charge in [-0.05, 0) is 37.5 Å². The van der Waals surface area contributed by atoms with E-state index in [1.165, 1.54) is 0 Å². The van der Waals surface area contributed by atoms with Crippen molar-refractivity contribution < 1.29 is 9.53 Å². The average Bonchev–Trinajstić information content (AvgIpc) is 2.40. The molecule has 0 radical (unpaired) electrons. The highest BCUT2D eigenvalue weighted by molar-refractivity contribution is 5.94. The summed E-state index contributed by atoms with van der Waals surface area (Å²) in [4.78, 5) is 11.8. The van der Waals surface area contributed by atoms with Crippen LogP contribution in [0.3, 0.4) is 0 Å². The molecule has 1 atom stereocenters. The third kappa shape index (κ3) is 3.05. The van der Waals surface area contributed by atoms with Crippen LogP contribution in [-0.4, -0.2) is 18.6 Å². The molecule has 88 valence electrons. The van der Waals surface area contributed by atoms with E-state index in [-0.39, 0.29) is 12.0 Å². The van der Waals surface area contributed by atoms with E-state index in [2.05, 4.69) is 5.32 Å². The summed E-state index contributed by atoms with van der Waals surface area (Å²) in [6.07, 6.45) is 2.46. The number of nitrogens with zero attached hydrogens (tertiary/aromatic N) is 1. The zero-order valence-electron chi connectivity index (χ0n) is 9.48. The van der Waals surface area contributed by atoms with Crippen LogP contribution in [0.15, 0.2) is 24.3 Å². The van der Waals surface area contributed by atoms with Crippen molar-refractivity contribution in [2.24, 2.45) is 0 Å². The summed E-state index contributed by atoms with van der Waals surface area (Å²) in [5.41, 5.74) is 1.18. The second kappa shape index (κ2) is 5.46. The third-order valence-corrected chi connectivity index (χ3v) is 2.73. The van der Waals surface area contributed by atoms with E-state index in [1.807, 2.05) is 6.07 Å².